The number of halogens is 1. The van der Waals surface area contributed by atoms with Gasteiger partial charge in [-0.05, 0) is 18.4 Å². The van der Waals surface area contributed by atoms with Gasteiger partial charge in [0.25, 0.3) is 11.6 Å². The summed E-state index contributed by atoms with van der Waals surface area (Å²) in [7, 11) is 0. The van der Waals surface area contributed by atoms with Crippen LogP contribution in [0.4, 0.5) is 10.1 Å². The number of nitro benzene ring substituents is 1. The third-order valence-electron chi connectivity index (χ3n) is 3.49. The van der Waals surface area contributed by atoms with Crippen molar-refractivity contribution in [2.24, 2.45) is 5.92 Å². The lowest BCUT2D eigenvalue weighted by Crippen LogP contribution is -2.45. The fourth-order valence-corrected chi connectivity index (χ4v) is 2.30. The lowest BCUT2D eigenvalue weighted by molar-refractivity contribution is -0.385. The predicted molar refractivity (Wildman–Crippen MR) is 68.7 cm³/mol. The number of aliphatic hydroxyl groups excluding tert-OH is 1. The van der Waals surface area contributed by atoms with E-state index in [-0.39, 0.29) is 11.5 Å². The highest BCUT2D eigenvalue weighted by atomic mass is 19.1. The number of nitro groups is 1. The summed E-state index contributed by atoms with van der Waals surface area (Å²) in [4.78, 5) is 23.7. The number of carbonyl (C=O) groups excluding carboxylic acids is 1. The summed E-state index contributed by atoms with van der Waals surface area (Å²) in [6.45, 7) is 2.52. The van der Waals surface area contributed by atoms with E-state index in [1.807, 2.05) is 6.92 Å². The minimum Gasteiger partial charge on any atom is -0.393 e. The molecule has 0 spiro atoms. The molecule has 1 heterocycles. The van der Waals surface area contributed by atoms with Gasteiger partial charge in [0.1, 0.15) is 5.82 Å². The van der Waals surface area contributed by atoms with E-state index >= 15 is 0 Å². The number of piperidine rings is 1. The summed E-state index contributed by atoms with van der Waals surface area (Å²) >= 11 is 0. The number of benzene rings is 1. The molecule has 2 unspecified atom stereocenters. The van der Waals surface area contributed by atoms with Crippen LogP contribution in [0.25, 0.3) is 0 Å². The number of amides is 1. The van der Waals surface area contributed by atoms with E-state index in [1.54, 1.807) is 0 Å². The maximum absolute atomic E-state index is 13.3. The number of nitrogens with zero attached hydrogens (tertiary/aromatic N) is 2. The molecule has 1 aliphatic heterocycles. The van der Waals surface area contributed by atoms with Crippen molar-refractivity contribution in [3.05, 3.63) is 39.7 Å². The van der Waals surface area contributed by atoms with E-state index in [2.05, 4.69) is 0 Å². The van der Waals surface area contributed by atoms with Crippen molar-refractivity contribution in [1.29, 1.82) is 0 Å². The molecule has 1 N–H and O–H groups in total. The van der Waals surface area contributed by atoms with E-state index in [0.29, 0.717) is 19.5 Å². The number of likely N-dealkylation sites (tertiary alicyclic amines) is 1. The van der Waals surface area contributed by atoms with Gasteiger partial charge in [-0.1, -0.05) is 6.92 Å². The second-order valence-corrected chi connectivity index (χ2v) is 5.04. The minimum atomic E-state index is -0.812. The highest BCUT2D eigenvalue weighted by Crippen LogP contribution is 2.21. The van der Waals surface area contributed by atoms with Crippen molar-refractivity contribution < 1.29 is 19.2 Å². The molecule has 7 heteroatoms. The average molecular weight is 282 g/mol. The Morgan fingerprint density at radius 2 is 2.20 bits per heavy atom. The van der Waals surface area contributed by atoms with Gasteiger partial charge in [-0.3, -0.25) is 14.9 Å². The molecule has 0 bridgehead atoms. The number of non-ortho nitro benzene ring substituents is 1. The van der Waals surface area contributed by atoms with Crippen LogP contribution in [0.3, 0.4) is 0 Å². The van der Waals surface area contributed by atoms with Crippen molar-refractivity contribution in [3.63, 3.8) is 0 Å². The third kappa shape index (κ3) is 2.93. The summed E-state index contributed by atoms with van der Waals surface area (Å²) < 4.78 is 13.3. The molecule has 108 valence electrons. The first-order valence-electron chi connectivity index (χ1n) is 6.31. The average Bonchev–Trinajstić information content (AvgIpc) is 2.40. The molecular formula is C13H15FN2O4. The Hall–Kier alpha value is -2.02. The highest BCUT2D eigenvalue weighted by molar-refractivity contribution is 5.95. The van der Waals surface area contributed by atoms with Crippen molar-refractivity contribution in [1.82, 2.24) is 4.90 Å². The number of rotatable bonds is 2. The summed E-state index contributed by atoms with van der Waals surface area (Å²) in [5.41, 5.74) is -0.487. The molecule has 1 aliphatic rings. The number of aliphatic hydroxyl groups is 1. The van der Waals surface area contributed by atoms with Crippen molar-refractivity contribution in [2.75, 3.05) is 13.1 Å². The molecule has 0 saturated carbocycles. The van der Waals surface area contributed by atoms with Crippen LogP contribution in [0.5, 0.6) is 0 Å². The molecule has 0 aromatic heterocycles. The van der Waals surface area contributed by atoms with Gasteiger partial charge in [0, 0.05) is 24.7 Å². The maximum atomic E-state index is 13.3. The molecule has 0 radical (unpaired) electrons. The Morgan fingerprint density at radius 3 is 2.80 bits per heavy atom. The molecule has 2 rings (SSSR count). The summed E-state index contributed by atoms with van der Waals surface area (Å²) in [5, 5.41) is 20.3. The van der Waals surface area contributed by atoms with Gasteiger partial charge in [0.15, 0.2) is 0 Å². The molecule has 2 atom stereocenters. The Kier molecular flexibility index (Phi) is 3.99. The molecule has 6 nitrogen and oxygen atoms in total. The van der Waals surface area contributed by atoms with E-state index in [9.17, 15) is 24.4 Å². The Balaban J connectivity index is 2.23. The van der Waals surface area contributed by atoms with Gasteiger partial charge >= 0.3 is 0 Å². The molecular weight excluding hydrogens is 267 g/mol. The zero-order valence-electron chi connectivity index (χ0n) is 11.0. The Morgan fingerprint density at radius 1 is 1.50 bits per heavy atom. The first kappa shape index (κ1) is 14.4. The van der Waals surface area contributed by atoms with Gasteiger partial charge < -0.3 is 10.0 Å². The highest BCUT2D eigenvalue weighted by Gasteiger charge is 2.28. The van der Waals surface area contributed by atoms with Gasteiger partial charge in [-0.15, -0.1) is 0 Å². The van der Waals surface area contributed by atoms with Crippen LogP contribution in [0.15, 0.2) is 18.2 Å². The first-order valence-corrected chi connectivity index (χ1v) is 6.31. The summed E-state index contributed by atoms with van der Waals surface area (Å²) in [5.74, 6) is -1.34. The number of hydrogen-bond donors (Lipinski definition) is 1. The van der Waals surface area contributed by atoms with E-state index < -0.39 is 28.4 Å². The zero-order chi connectivity index (χ0) is 14.9. The summed E-state index contributed by atoms with van der Waals surface area (Å²) in [6, 6.07) is 2.84. The Bertz CT molecular complexity index is 549. The predicted octanol–water partition coefficient (Wildman–Crippen LogP) is 1.58. The fourth-order valence-electron chi connectivity index (χ4n) is 2.30. The first-order chi connectivity index (χ1) is 9.38. The van der Waals surface area contributed by atoms with Gasteiger partial charge in [-0.25, -0.2) is 4.39 Å². The second kappa shape index (κ2) is 5.54. The molecule has 20 heavy (non-hydrogen) atoms. The lowest BCUT2D eigenvalue weighted by Gasteiger charge is -2.34. The standard InChI is InChI=1S/C13H15FN2O4/c1-8-7-15(3-2-12(8)17)13(18)9-4-10(14)6-11(5-9)16(19)20/h4-6,8,12,17H,2-3,7H2,1H3. The van der Waals surface area contributed by atoms with Gasteiger partial charge in [-0.2, -0.15) is 0 Å². The zero-order valence-corrected chi connectivity index (χ0v) is 11.0. The topological polar surface area (TPSA) is 83.7 Å². The van der Waals surface area contributed by atoms with Crippen LogP contribution < -0.4 is 0 Å². The van der Waals surface area contributed by atoms with Crippen molar-refractivity contribution in [3.8, 4) is 0 Å². The largest absolute Gasteiger partial charge is 0.393 e. The maximum Gasteiger partial charge on any atom is 0.273 e. The molecule has 1 aromatic carbocycles. The van der Waals surface area contributed by atoms with Crippen LogP contribution in [0, 0.1) is 21.8 Å². The number of carbonyl (C=O) groups is 1. The van der Waals surface area contributed by atoms with E-state index in [1.165, 1.54) is 4.90 Å². The molecule has 1 aromatic rings. The number of hydrogen-bond acceptors (Lipinski definition) is 4. The lowest BCUT2D eigenvalue weighted by atomic mass is 9.96. The second-order valence-electron chi connectivity index (χ2n) is 5.04. The van der Waals surface area contributed by atoms with Crippen LogP contribution in [-0.2, 0) is 0 Å². The Labute approximate surface area is 115 Å². The fraction of sp³-hybridized carbons (Fsp3) is 0.462. The third-order valence-corrected chi connectivity index (χ3v) is 3.49. The van der Waals surface area contributed by atoms with E-state index in [0.717, 1.165) is 18.2 Å². The monoisotopic (exact) mass is 282 g/mol. The van der Waals surface area contributed by atoms with Crippen LogP contribution >= 0.6 is 0 Å². The molecule has 1 amide bonds. The molecule has 1 saturated heterocycles. The molecule has 1 fully saturated rings. The van der Waals surface area contributed by atoms with Crippen molar-refractivity contribution >= 4 is 11.6 Å². The van der Waals surface area contributed by atoms with Crippen LogP contribution in [0.1, 0.15) is 23.7 Å². The minimum absolute atomic E-state index is 0.0414. The smallest absolute Gasteiger partial charge is 0.273 e. The van der Waals surface area contributed by atoms with Crippen LogP contribution in [0.2, 0.25) is 0 Å². The normalized spacial score (nSPS) is 22.6. The van der Waals surface area contributed by atoms with E-state index in [4.69, 9.17) is 0 Å². The molecule has 0 aliphatic carbocycles. The van der Waals surface area contributed by atoms with Crippen molar-refractivity contribution in [2.45, 2.75) is 19.4 Å². The SMILES string of the molecule is CC1CN(C(=O)c2cc(F)cc([N+](=O)[O-])c2)CCC1O. The summed E-state index contributed by atoms with van der Waals surface area (Å²) in [6.07, 6.45) is -0.00878. The van der Waals surface area contributed by atoms with Gasteiger partial charge in [0.05, 0.1) is 17.1 Å². The van der Waals surface area contributed by atoms with Crippen LogP contribution in [-0.4, -0.2) is 40.0 Å². The van der Waals surface area contributed by atoms with Gasteiger partial charge in [0.2, 0.25) is 0 Å². The quantitative estimate of drug-likeness (QED) is 0.659.